The quantitative estimate of drug-likeness (QED) is 0.496. The van der Waals surface area contributed by atoms with Gasteiger partial charge in [-0.05, 0) is 6.07 Å². The van der Waals surface area contributed by atoms with Crippen molar-refractivity contribution in [2.24, 2.45) is 0 Å². The molecule has 1 N–H and O–H groups in total. The molecular weight excluding hydrogens is 250 g/mol. The number of carbonyl (C=O) groups is 1. The van der Waals surface area contributed by atoms with Crippen molar-refractivity contribution in [3.8, 4) is 5.75 Å². The summed E-state index contributed by atoms with van der Waals surface area (Å²) in [5, 5.41) is 19.0. The molecule has 0 aliphatic rings. The number of ether oxygens (including phenoxy) is 1. The molecule has 0 radical (unpaired) electrons. The zero-order chi connectivity index (χ0) is 13.0. The van der Waals surface area contributed by atoms with Crippen molar-refractivity contribution in [1.29, 1.82) is 0 Å². The van der Waals surface area contributed by atoms with Gasteiger partial charge in [-0.3, -0.25) is 10.1 Å². The fourth-order valence-corrected chi connectivity index (χ4v) is 1.18. The van der Waals surface area contributed by atoms with E-state index in [1.54, 1.807) is 0 Å². The number of nitrogens with zero attached hydrogens (tertiary/aromatic N) is 1. The number of rotatable bonds is 5. The molecule has 0 aliphatic carbocycles. The van der Waals surface area contributed by atoms with Crippen LogP contribution >= 0.6 is 11.6 Å². The molecule has 1 rings (SSSR count). The van der Waals surface area contributed by atoms with Crippen molar-refractivity contribution in [3.05, 3.63) is 45.5 Å². The molecule has 17 heavy (non-hydrogen) atoms. The fourth-order valence-electron chi connectivity index (χ4n) is 0.947. The maximum atomic E-state index is 10.4. The zero-order valence-electron chi connectivity index (χ0n) is 8.55. The summed E-state index contributed by atoms with van der Waals surface area (Å²) in [6.45, 7) is 3.03. The van der Waals surface area contributed by atoms with Crippen LogP contribution in [0.25, 0.3) is 0 Å². The topological polar surface area (TPSA) is 89.7 Å². The average Bonchev–Trinajstić information content (AvgIpc) is 2.26. The third kappa shape index (κ3) is 3.46. The van der Waals surface area contributed by atoms with Gasteiger partial charge in [0.15, 0.2) is 0 Å². The minimum atomic E-state index is -1.18. The van der Waals surface area contributed by atoms with Gasteiger partial charge in [-0.2, -0.15) is 0 Å². The standard InChI is InChI=1S/C10H8ClNO5/c1-6(10(13)14)5-17-9-3-2-7(12(15)16)4-8(9)11/h2-4H,1,5H2,(H,13,14). The molecule has 0 heterocycles. The number of hydrogen-bond donors (Lipinski definition) is 1. The molecule has 0 amide bonds. The zero-order valence-corrected chi connectivity index (χ0v) is 9.31. The van der Waals surface area contributed by atoms with Gasteiger partial charge in [0.2, 0.25) is 0 Å². The summed E-state index contributed by atoms with van der Waals surface area (Å²) >= 11 is 5.73. The minimum Gasteiger partial charge on any atom is -0.487 e. The first-order valence-electron chi connectivity index (χ1n) is 4.39. The molecule has 0 saturated carbocycles. The van der Waals surface area contributed by atoms with Crippen LogP contribution in [0.3, 0.4) is 0 Å². The van der Waals surface area contributed by atoms with Gasteiger partial charge in [0.1, 0.15) is 12.4 Å². The molecule has 0 aromatic heterocycles. The van der Waals surface area contributed by atoms with Crippen LogP contribution in [0.5, 0.6) is 5.75 Å². The third-order valence-corrected chi connectivity index (χ3v) is 2.13. The van der Waals surface area contributed by atoms with Crippen LogP contribution in [0.15, 0.2) is 30.4 Å². The Kier molecular flexibility index (Phi) is 4.06. The van der Waals surface area contributed by atoms with Gasteiger partial charge in [-0.25, -0.2) is 4.79 Å². The van der Waals surface area contributed by atoms with E-state index >= 15 is 0 Å². The maximum absolute atomic E-state index is 10.4. The molecule has 0 unspecified atom stereocenters. The van der Waals surface area contributed by atoms with Crippen molar-refractivity contribution >= 4 is 23.3 Å². The predicted octanol–water partition coefficient (Wildman–Crippen LogP) is 2.27. The number of halogens is 1. The highest BCUT2D eigenvalue weighted by atomic mass is 35.5. The lowest BCUT2D eigenvalue weighted by Crippen LogP contribution is -2.09. The van der Waals surface area contributed by atoms with Crippen LogP contribution in [-0.2, 0) is 4.79 Å². The van der Waals surface area contributed by atoms with Gasteiger partial charge < -0.3 is 9.84 Å². The lowest BCUT2D eigenvalue weighted by Gasteiger charge is -2.07. The number of carboxylic acid groups (broad SMARTS) is 1. The summed E-state index contributed by atoms with van der Waals surface area (Å²) in [7, 11) is 0. The second kappa shape index (κ2) is 5.31. The highest BCUT2D eigenvalue weighted by Crippen LogP contribution is 2.28. The molecule has 90 valence electrons. The highest BCUT2D eigenvalue weighted by molar-refractivity contribution is 6.32. The van der Waals surface area contributed by atoms with Crippen molar-refractivity contribution in [2.75, 3.05) is 6.61 Å². The SMILES string of the molecule is C=C(COc1ccc([N+](=O)[O-])cc1Cl)C(=O)O. The van der Waals surface area contributed by atoms with E-state index in [-0.39, 0.29) is 28.6 Å². The molecule has 7 heteroatoms. The summed E-state index contributed by atoms with van der Waals surface area (Å²) in [5.41, 5.74) is -0.307. The number of aliphatic carboxylic acids is 1. The Bertz CT molecular complexity index is 486. The molecule has 0 aliphatic heterocycles. The molecule has 0 fully saturated rings. The van der Waals surface area contributed by atoms with Crippen molar-refractivity contribution in [2.45, 2.75) is 0 Å². The van der Waals surface area contributed by atoms with Crippen molar-refractivity contribution in [3.63, 3.8) is 0 Å². The van der Waals surface area contributed by atoms with E-state index in [9.17, 15) is 14.9 Å². The Morgan fingerprint density at radius 2 is 2.24 bits per heavy atom. The molecule has 1 aromatic rings. The van der Waals surface area contributed by atoms with Gasteiger partial charge in [0, 0.05) is 12.1 Å². The molecule has 6 nitrogen and oxygen atoms in total. The average molecular weight is 258 g/mol. The van der Waals surface area contributed by atoms with Gasteiger partial charge in [0.05, 0.1) is 15.5 Å². The number of benzene rings is 1. The number of nitro groups is 1. The van der Waals surface area contributed by atoms with Crippen LogP contribution in [0.4, 0.5) is 5.69 Å². The number of hydrogen-bond acceptors (Lipinski definition) is 4. The Morgan fingerprint density at radius 1 is 1.59 bits per heavy atom. The van der Waals surface area contributed by atoms with Crippen LogP contribution < -0.4 is 4.74 Å². The molecule has 0 saturated heterocycles. The summed E-state index contributed by atoms with van der Waals surface area (Å²) in [6.07, 6.45) is 0. The predicted molar refractivity (Wildman–Crippen MR) is 60.4 cm³/mol. The van der Waals surface area contributed by atoms with E-state index < -0.39 is 10.9 Å². The highest BCUT2D eigenvalue weighted by Gasteiger charge is 2.11. The van der Waals surface area contributed by atoms with Gasteiger partial charge in [-0.1, -0.05) is 18.2 Å². The van der Waals surface area contributed by atoms with E-state index in [1.165, 1.54) is 12.1 Å². The van der Waals surface area contributed by atoms with Crippen molar-refractivity contribution in [1.82, 2.24) is 0 Å². The molecule has 0 atom stereocenters. The van der Waals surface area contributed by atoms with E-state index in [4.69, 9.17) is 21.4 Å². The van der Waals surface area contributed by atoms with Crippen molar-refractivity contribution < 1.29 is 19.6 Å². The molecular formula is C10H8ClNO5. The first-order chi connectivity index (χ1) is 7.91. The monoisotopic (exact) mass is 257 g/mol. The van der Waals surface area contributed by atoms with Crippen LogP contribution in [0.2, 0.25) is 5.02 Å². The number of nitro benzene ring substituents is 1. The van der Waals surface area contributed by atoms with E-state index in [1.807, 2.05) is 0 Å². The Labute approximate surface area is 101 Å². The lowest BCUT2D eigenvalue weighted by molar-refractivity contribution is -0.384. The summed E-state index contributed by atoms with van der Waals surface area (Å²) in [4.78, 5) is 20.3. The first-order valence-corrected chi connectivity index (χ1v) is 4.77. The van der Waals surface area contributed by atoms with E-state index in [0.717, 1.165) is 6.07 Å². The second-order valence-electron chi connectivity index (χ2n) is 3.07. The third-order valence-electron chi connectivity index (χ3n) is 1.83. The molecule has 1 aromatic carbocycles. The van der Waals surface area contributed by atoms with Crippen LogP contribution in [0.1, 0.15) is 0 Å². The van der Waals surface area contributed by atoms with Crippen LogP contribution in [0, 0.1) is 10.1 Å². The first kappa shape index (κ1) is 13.0. The normalized spacial score (nSPS) is 9.71. The van der Waals surface area contributed by atoms with Gasteiger partial charge >= 0.3 is 5.97 Å². The van der Waals surface area contributed by atoms with E-state index in [2.05, 4.69) is 6.58 Å². The van der Waals surface area contributed by atoms with E-state index in [0.29, 0.717) is 0 Å². The molecule has 0 bridgehead atoms. The number of carboxylic acids is 1. The Balaban J connectivity index is 2.76. The summed E-state index contributed by atoms with van der Waals surface area (Å²) in [5.74, 6) is -1.01. The maximum Gasteiger partial charge on any atom is 0.334 e. The fraction of sp³-hybridized carbons (Fsp3) is 0.100. The Morgan fingerprint density at radius 3 is 2.71 bits per heavy atom. The van der Waals surface area contributed by atoms with Crippen LogP contribution in [-0.4, -0.2) is 22.6 Å². The summed E-state index contributed by atoms with van der Waals surface area (Å²) in [6, 6.07) is 3.64. The smallest absolute Gasteiger partial charge is 0.334 e. The van der Waals surface area contributed by atoms with Gasteiger partial charge in [0.25, 0.3) is 5.69 Å². The molecule has 0 spiro atoms. The summed E-state index contributed by atoms with van der Waals surface area (Å²) < 4.78 is 5.06. The Hall–Kier alpha value is -2.08. The van der Waals surface area contributed by atoms with Gasteiger partial charge in [-0.15, -0.1) is 0 Å². The minimum absolute atomic E-state index is 0.0392. The number of non-ortho nitro benzene ring substituents is 1. The largest absolute Gasteiger partial charge is 0.487 e. The lowest BCUT2D eigenvalue weighted by atomic mass is 10.3. The second-order valence-corrected chi connectivity index (χ2v) is 3.48.